The van der Waals surface area contributed by atoms with Crippen molar-refractivity contribution in [1.29, 1.82) is 0 Å². The van der Waals surface area contributed by atoms with Crippen LogP contribution in [0, 0.1) is 11.6 Å². The number of alkyl halides is 1. The first-order valence-electron chi connectivity index (χ1n) is 13.6. The van der Waals surface area contributed by atoms with E-state index in [9.17, 15) is 22.8 Å². The van der Waals surface area contributed by atoms with Gasteiger partial charge in [-0.15, -0.1) is 0 Å². The molecule has 1 N–H and O–H groups in total. The summed E-state index contributed by atoms with van der Waals surface area (Å²) >= 11 is 0. The predicted molar refractivity (Wildman–Crippen MR) is 150 cm³/mol. The van der Waals surface area contributed by atoms with Crippen LogP contribution in [0.15, 0.2) is 60.8 Å². The van der Waals surface area contributed by atoms with Gasteiger partial charge in [-0.2, -0.15) is 0 Å². The number of carbonyl (C=O) groups is 2. The van der Waals surface area contributed by atoms with Crippen LogP contribution in [-0.4, -0.2) is 58.9 Å². The highest BCUT2D eigenvalue weighted by atomic mass is 19.1. The Morgan fingerprint density at radius 3 is 2.49 bits per heavy atom. The van der Waals surface area contributed by atoms with Gasteiger partial charge in [0.1, 0.15) is 29.7 Å². The Morgan fingerprint density at radius 2 is 1.76 bits per heavy atom. The largest absolute Gasteiger partial charge is 0.327 e. The number of nitrogens with zero attached hydrogens (tertiary/aromatic N) is 3. The van der Waals surface area contributed by atoms with Crippen molar-refractivity contribution in [2.45, 2.75) is 43.2 Å². The van der Waals surface area contributed by atoms with Crippen LogP contribution in [-0.2, 0) is 33.4 Å². The first-order chi connectivity index (χ1) is 19.5. The van der Waals surface area contributed by atoms with Gasteiger partial charge in [0.15, 0.2) is 0 Å². The van der Waals surface area contributed by atoms with Gasteiger partial charge >= 0.3 is 0 Å². The van der Waals surface area contributed by atoms with E-state index in [4.69, 9.17) is 0 Å². The lowest BCUT2D eigenvalue weighted by atomic mass is 9.79. The highest BCUT2D eigenvalue weighted by Gasteiger charge is 2.53. The summed E-state index contributed by atoms with van der Waals surface area (Å²) < 4.78 is 42.7. The number of piperazine rings is 1. The molecule has 3 atom stereocenters. The third-order valence-electron chi connectivity index (χ3n) is 9.24. The molecule has 2 aliphatic heterocycles. The van der Waals surface area contributed by atoms with Gasteiger partial charge in [0.2, 0.25) is 11.8 Å². The fraction of sp³-hybridized carbons (Fsp3) is 0.344. The third kappa shape index (κ3) is 4.17. The second kappa shape index (κ2) is 9.55. The molecule has 0 radical (unpaired) electrons. The van der Waals surface area contributed by atoms with E-state index >= 15 is 0 Å². The van der Waals surface area contributed by atoms with Crippen molar-refractivity contribution < 1.29 is 22.8 Å². The average Bonchev–Trinajstić information content (AvgIpc) is 3.45. The smallest absolute Gasteiger partial charge is 0.246 e. The van der Waals surface area contributed by atoms with E-state index in [1.54, 1.807) is 32.0 Å². The van der Waals surface area contributed by atoms with Gasteiger partial charge in [-0.05, 0) is 74.2 Å². The number of likely N-dealkylation sites (N-methyl/N-ethyl adjacent to an activating group) is 1. The second-order valence-corrected chi connectivity index (χ2v) is 11.8. The van der Waals surface area contributed by atoms with Crippen molar-refractivity contribution in [2.75, 3.05) is 32.1 Å². The minimum Gasteiger partial charge on any atom is -0.327 e. The lowest BCUT2D eigenvalue weighted by molar-refractivity contribution is -0.162. The minimum atomic E-state index is -1.39. The summed E-state index contributed by atoms with van der Waals surface area (Å²) in [7, 11) is 1.65. The quantitative estimate of drug-likeness (QED) is 0.488. The first-order valence-corrected chi connectivity index (χ1v) is 13.6. The molecule has 3 heterocycles. The number of pyridine rings is 1. The number of benzene rings is 2. The molecule has 6 nitrogen and oxygen atoms in total. The monoisotopic (exact) mass is 560 g/mol. The molecule has 0 bridgehead atoms. The van der Waals surface area contributed by atoms with Gasteiger partial charge in [0, 0.05) is 30.9 Å². The van der Waals surface area contributed by atoms with Crippen LogP contribution in [0.1, 0.15) is 41.7 Å². The number of anilines is 1. The SMILES string of the molecule is CN1C[C@@](C)(c2cc(F)cc(F)c2)N(C/C=C/c2ccc3c(c2)C[C@@]2(C3)C(=O)Nc3ncccc32)C(=O)[C@@]1(C)CF. The molecule has 0 saturated carbocycles. The standard InChI is InChI=1S/C32H31F3N4O2/c1-30(18-33)29(41)39(31(2,19-38(30)3)23-13-24(34)15-25(35)14-23)11-5-6-20-8-9-21-16-32(17-22(21)12-20)26-7-4-10-36-27(26)37-28(32)40/h4-10,12-15H,11,16-19H2,1-3H3,(H,36,37,40)/b6-5+/t30-,31+,32-/m1/s1. The minimum absolute atomic E-state index is 0.0444. The Balaban J connectivity index is 1.28. The van der Waals surface area contributed by atoms with Crippen molar-refractivity contribution in [3.05, 3.63) is 100 Å². The summed E-state index contributed by atoms with van der Waals surface area (Å²) in [6, 6.07) is 13.1. The van der Waals surface area contributed by atoms with Crippen molar-refractivity contribution in [3.8, 4) is 0 Å². The number of halogens is 3. The molecular formula is C32H31F3N4O2. The van der Waals surface area contributed by atoms with E-state index in [0.717, 1.165) is 28.3 Å². The Kier molecular flexibility index (Phi) is 6.33. The van der Waals surface area contributed by atoms with Gasteiger partial charge in [0.05, 0.1) is 11.0 Å². The molecule has 9 heteroatoms. The van der Waals surface area contributed by atoms with E-state index in [1.165, 1.54) is 17.0 Å². The molecule has 2 amide bonds. The van der Waals surface area contributed by atoms with Crippen molar-refractivity contribution in [1.82, 2.24) is 14.8 Å². The Bertz CT molecular complexity index is 1590. The number of carbonyl (C=O) groups excluding carboxylic acids is 2. The molecule has 1 spiro atoms. The molecule has 1 saturated heterocycles. The molecule has 1 fully saturated rings. The predicted octanol–water partition coefficient (Wildman–Crippen LogP) is 4.78. The lowest BCUT2D eigenvalue weighted by Crippen LogP contribution is -2.70. The second-order valence-electron chi connectivity index (χ2n) is 11.8. The zero-order chi connectivity index (χ0) is 29.2. The molecule has 0 unspecified atom stereocenters. The maximum atomic E-state index is 14.2. The molecule has 41 heavy (non-hydrogen) atoms. The summed E-state index contributed by atoms with van der Waals surface area (Å²) in [6.45, 7) is 2.69. The van der Waals surface area contributed by atoms with Crippen molar-refractivity contribution in [3.63, 3.8) is 0 Å². The Labute approximate surface area is 236 Å². The number of hydrogen-bond donors (Lipinski definition) is 1. The summed E-state index contributed by atoms with van der Waals surface area (Å²) in [5.74, 6) is -1.37. The summed E-state index contributed by atoms with van der Waals surface area (Å²) in [5.41, 5.74) is 1.11. The van der Waals surface area contributed by atoms with E-state index in [2.05, 4.69) is 10.3 Å². The van der Waals surface area contributed by atoms with Crippen LogP contribution in [0.25, 0.3) is 6.08 Å². The van der Waals surface area contributed by atoms with Crippen molar-refractivity contribution >= 4 is 23.7 Å². The van der Waals surface area contributed by atoms with Crippen LogP contribution >= 0.6 is 0 Å². The van der Waals surface area contributed by atoms with Gasteiger partial charge < -0.3 is 10.2 Å². The normalized spacial score (nSPS) is 27.5. The van der Waals surface area contributed by atoms with Crippen LogP contribution in [0.3, 0.4) is 0 Å². The number of fused-ring (bicyclic) bond motifs is 3. The van der Waals surface area contributed by atoms with Crippen LogP contribution < -0.4 is 5.32 Å². The average molecular weight is 561 g/mol. The molecule has 3 aromatic rings. The topological polar surface area (TPSA) is 65.5 Å². The molecule has 2 aromatic carbocycles. The Morgan fingerprint density at radius 1 is 1.02 bits per heavy atom. The molecule has 3 aliphatic rings. The molecule has 212 valence electrons. The summed E-state index contributed by atoms with van der Waals surface area (Å²) in [5, 5.41) is 2.92. The molecular weight excluding hydrogens is 529 g/mol. The van der Waals surface area contributed by atoms with Gasteiger partial charge in [-0.25, -0.2) is 18.2 Å². The van der Waals surface area contributed by atoms with E-state index in [-0.39, 0.29) is 19.0 Å². The fourth-order valence-electron chi connectivity index (χ4n) is 6.64. The number of nitrogens with one attached hydrogen (secondary N) is 1. The van der Waals surface area contributed by atoms with Crippen LogP contribution in [0.2, 0.25) is 0 Å². The highest BCUT2D eigenvalue weighted by molar-refractivity contribution is 6.06. The fourth-order valence-corrected chi connectivity index (χ4v) is 6.64. The summed E-state index contributed by atoms with van der Waals surface area (Å²) in [4.78, 5) is 34.2. The van der Waals surface area contributed by atoms with Crippen LogP contribution in [0.4, 0.5) is 19.0 Å². The maximum absolute atomic E-state index is 14.2. The lowest BCUT2D eigenvalue weighted by Gasteiger charge is -2.54. The van der Waals surface area contributed by atoms with Gasteiger partial charge in [-0.1, -0.05) is 36.4 Å². The number of amides is 2. The molecule has 1 aromatic heterocycles. The van der Waals surface area contributed by atoms with E-state index in [1.807, 2.05) is 42.5 Å². The zero-order valence-corrected chi connectivity index (χ0v) is 23.2. The zero-order valence-electron chi connectivity index (χ0n) is 23.2. The van der Waals surface area contributed by atoms with Gasteiger partial charge in [-0.3, -0.25) is 14.5 Å². The highest BCUT2D eigenvalue weighted by Crippen LogP contribution is 2.46. The van der Waals surface area contributed by atoms with Gasteiger partial charge in [0.25, 0.3) is 0 Å². The van der Waals surface area contributed by atoms with E-state index in [0.29, 0.717) is 24.2 Å². The maximum Gasteiger partial charge on any atom is 0.246 e. The third-order valence-corrected chi connectivity index (χ3v) is 9.24. The summed E-state index contributed by atoms with van der Waals surface area (Å²) in [6.07, 6.45) is 6.50. The van der Waals surface area contributed by atoms with Crippen molar-refractivity contribution in [2.24, 2.45) is 0 Å². The Hall–Kier alpha value is -3.98. The molecule has 1 aliphatic carbocycles. The van der Waals surface area contributed by atoms with E-state index < -0.39 is 40.7 Å². The molecule has 6 rings (SSSR count). The van der Waals surface area contributed by atoms with Crippen LogP contribution in [0.5, 0.6) is 0 Å². The first kappa shape index (κ1) is 27.2. The number of rotatable bonds is 5. The number of hydrogen-bond acceptors (Lipinski definition) is 4. The number of aromatic nitrogens is 1.